The Labute approximate surface area is 168 Å². The summed E-state index contributed by atoms with van der Waals surface area (Å²) < 4.78 is 5.49. The van der Waals surface area contributed by atoms with Gasteiger partial charge in [-0.1, -0.05) is 55.1 Å². The number of hydrogen-bond acceptors (Lipinski definition) is 5. The highest BCUT2D eigenvalue weighted by atomic mass is 16.5. The van der Waals surface area contributed by atoms with E-state index in [1.807, 2.05) is 30.3 Å². The van der Waals surface area contributed by atoms with Crippen molar-refractivity contribution in [3.05, 3.63) is 88.9 Å². The van der Waals surface area contributed by atoms with Crippen molar-refractivity contribution < 1.29 is 9.53 Å². The van der Waals surface area contributed by atoms with Gasteiger partial charge in [0.2, 0.25) is 5.91 Å². The van der Waals surface area contributed by atoms with Gasteiger partial charge in [0.1, 0.15) is 18.1 Å². The number of aromatic amines is 1. The summed E-state index contributed by atoms with van der Waals surface area (Å²) in [4.78, 5) is 27.1. The minimum absolute atomic E-state index is 0.147. The molecule has 2 aromatic carbocycles. The summed E-state index contributed by atoms with van der Waals surface area (Å²) >= 11 is 0. The van der Waals surface area contributed by atoms with Crippen molar-refractivity contribution in [3.8, 4) is 17.1 Å². The second-order valence-corrected chi connectivity index (χ2v) is 6.34. The van der Waals surface area contributed by atoms with E-state index in [4.69, 9.17) is 4.74 Å². The Morgan fingerprint density at radius 1 is 1.14 bits per heavy atom. The number of nitrogens with one attached hydrogen (secondary N) is 2. The summed E-state index contributed by atoms with van der Waals surface area (Å²) in [7, 11) is 0. The summed E-state index contributed by atoms with van der Waals surface area (Å²) in [5.41, 5.74) is 1.57. The third-order valence-electron chi connectivity index (χ3n) is 4.16. The Balaban J connectivity index is 1.59. The van der Waals surface area contributed by atoms with Crippen molar-refractivity contribution in [2.24, 2.45) is 0 Å². The summed E-state index contributed by atoms with van der Waals surface area (Å²) in [6.07, 6.45) is 2.03. The molecular weight excluding hydrogens is 368 g/mol. The molecule has 0 saturated carbocycles. The number of aromatic nitrogens is 3. The highest BCUT2D eigenvalue weighted by molar-refractivity contribution is 5.76. The van der Waals surface area contributed by atoms with Crippen LogP contribution in [0.4, 0.5) is 0 Å². The van der Waals surface area contributed by atoms with Gasteiger partial charge < -0.3 is 15.0 Å². The predicted molar refractivity (Wildman–Crippen MR) is 110 cm³/mol. The largest absolute Gasteiger partial charge is 0.490 e. The number of hydrogen-bond donors (Lipinski definition) is 2. The smallest absolute Gasteiger partial charge is 0.273 e. The van der Waals surface area contributed by atoms with Crippen molar-refractivity contribution in [2.45, 2.75) is 19.4 Å². The maximum absolute atomic E-state index is 12.3. The summed E-state index contributed by atoms with van der Waals surface area (Å²) in [5, 5.41) is 10.9. The lowest BCUT2D eigenvalue weighted by molar-refractivity contribution is -0.121. The van der Waals surface area contributed by atoms with Crippen LogP contribution in [0.15, 0.2) is 72.0 Å². The molecule has 3 rings (SSSR count). The molecule has 0 fully saturated rings. The highest BCUT2D eigenvalue weighted by Gasteiger charge is 2.10. The standard InChI is InChI=1S/C22H22N4O3/c1-2-13-29-18-10-6-9-17(14-18)21-24-22(28)19(25-26-21)11-12-20(27)23-15-16-7-4-3-5-8-16/h2-10,14H,1,11-13,15H2,(H,23,27)(H,24,26,28). The fourth-order valence-corrected chi connectivity index (χ4v) is 2.66. The van der Waals surface area contributed by atoms with Crippen LogP contribution in [-0.2, 0) is 17.8 Å². The molecule has 3 aromatic rings. The number of aryl methyl sites for hydroxylation is 1. The first-order valence-electron chi connectivity index (χ1n) is 9.26. The Kier molecular flexibility index (Phi) is 6.89. The zero-order valence-corrected chi connectivity index (χ0v) is 15.9. The van der Waals surface area contributed by atoms with E-state index in [1.165, 1.54) is 0 Å². The average molecular weight is 390 g/mol. The number of rotatable bonds is 9. The SMILES string of the molecule is C=CCOc1cccc(-c2nnc(CCC(=O)NCc3ccccc3)c(=O)[nH]2)c1. The Bertz CT molecular complexity index is 1030. The lowest BCUT2D eigenvalue weighted by Crippen LogP contribution is -2.25. The van der Waals surface area contributed by atoms with Gasteiger partial charge in [-0.3, -0.25) is 9.59 Å². The molecule has 2 N–H and O–H groups in total. The van der Waals surface area contributed by atoms with Gasteiger partial charge in [-0.15, -0.1) is 10.2 Å². The van der Waals surface area contributed by atoms with Crippen LogP contribution in [0.3, 0.4) is 0 Å². The van der Waals surface area contributed by atoms with Gasteiger partial charge in [0.15, 0.2) is 5.82 Å². The first-order valence-corrected chi connectivity index (χ1v) is 9.26. The highest BCUT2D eigenvalue weighted by Crippen LogP contribution is 2.19. The molecule has 0 spiro atoms. The quantitative estimate of drug-likeness (QED) is 0.548. The van der Waals surface area contributed by atoms with Crippen molar-refractivity contribution in [3.63, 3.8) is 0 Å². The topological polar surface area (TPSA) is 97.0 Å². The normalized spacial score (nSPS) is 10.3. The van der Waals surface area contributed by atoms with Crippen molar-refractivity contribution >= 4 is 5.91 Å². The zero-order valence-electron chi connectivity index (χ0n) is 15.9. The second kappa shape index (κ2) is 9.98. The fraction of sp³-hybridized carbons (Fsp3) is 0.182. The Hall–Kier alpha value is -3.74. The van der Waals surface area contributed by atoms with Gasteiger partial charge in [0.05, 0.1) is 0 Å². The molecule has 1 aromatic heterocycles. The van der Waals surface area contributed by atoms with E-state index >= 15 is 0 Å². The van der Waals surface area contributed by atoms with E-state index < -0.39 is 0 Å². The van der Waals surface area contributed by atoms with E-state index in [9.17, 15) is 9.59 Å². The van der Waals surface area contributed by atoms with E-state index in [0.717, 1.165) is 5.56 Å². The van der Waals surface area contributed by atoms with Gasteiger partial charge in [-0.25, -0.2) is 0 Å². The molecule has 148 valence electrons. The zero-order chi connectivity index (χ0) is 20.5. The number of amides is 1. The molecule has 1 amide bonds. The molecule has 7 nitrogen and oxygen atoms in total. The van der Waals surface area contributed by atoms with Crippen LogP contribution in [0.1, 0.15) is 17.7 Å². The molecule has 7 heteroatoms. The summed E-state index contributed by atoms with van der Waals surface area (Å²) in [6.45, 7) is 4.45. The molecule has 0 radical (unpaired) electrons. The molecule has 0 aliphatic carbocycles. The van der Waals surface area contributed by atoms with Crippen molar-refractivity contribution in [1.82, 2.24) is 20.5 Å². The summed E-state index contributed by atoms with van der Waals surface area (Å²) in [6, 6.07) is 16.8. The van der Waals surface area contributed by atoms with Crippen LogP contribution in [0.2, 0.25) is 0 Å². The maximum Gasteiger partial charge on any atom is 0.273 e. The van der Waals surface area contributed by atoms with Gasteiger partial charge in [0, 0.05) is 24.9 Å². The number of carbonyl (C=O) groups is 1. The number of benzene rings is 2. The maximum atomic E-state index is 12.3. The second-order valence-electron chi connectivity index (χ2n) is 6.34. The van der Waals surface area contributed by atoms with Crippen LogP contribution >= 0.6 is 0 Å². The fourth-order valence-electron chi connectivity index (χ4n) is 2.66. The van der Waals surface area contributed by atoms with E-state index in [2.05, 4.69) is 27.1 Å². The first kappa shape index (κ1) is 20.0. The van der Waals surface area contributed by atoms with Crippen LogP contribution in [0, 0.1) is 0 Å². The minimum atomic E-state index is -0.358. The van der Waals surface area contributed by atoms with Crippen LogP contribution in [-0.4, -0.2) is 27.7 Å². The summed E-state index contributed by atoms with van der Waals surface area (Å²) in [5.74, 6) is 0.840. The van der Waals surface area contributed by atoms with Gasteiger partial charge in [-0.2, -0.15) is 0 Å². The van der Waals surface area contributed by atoms with Crippen LogP contribution < -0.4 is 15.6 Å². The van der Waals surface area contributed by atoms with E-state index in [0.29, 0.717) is 30.3 Å². The number of ether oxygens (including phenoxy) is 1. The molecular formula is C22H22N4O3. The Morgan fingerprint density at radius 2 is 1.97 bits per heavy atom. The molecule has 0 bridgehead atoms. The number of H-pyrrole nitrogens is 1. The molecule has 1 heterocycles. The molecule has 0 saturated heterocycles. The Morgan fingerprint density at radius 3 is 2.72 bits per heavy atom. The van der Waals surface area contributed by atoms with Gasteiger partial charge in [-0.05, 0) is 17.7 Å². The molecule has 0 aliphatic rings. The number of carbonyl (C=O) groups excluding carboxylic acids is 1. The van der Waals surface area contributed by atoms with E-state index in [1.54, 1.807) is 30.3 Å². The van der Waals surface area contributed by atoms with Gasteiger partial charge >= 0.3 is 0 Å². The lowest BCUT2D eigenvalue weighted by atomic mass is 10.2. The molecule has 29 heavy (non-hydrogen) atoms. The van der Waals surface area contributed by atoms with Gasteiger partial charge in [0.25, 0.3) is 5.56 Å². The first-order chi connectivity index (χ1) is 14.2. The predicted octanol–water partition coefficient (Wildman–Crippen LogP) is 2.65. The van der Waals surface area contributed by atoms with Crippen molar-refractivity contribution in [1.29, 1.82) is 0 Å². The van der Waals surface area contributed by atoms with Crippen LogP contribution in [0.25, 0.3) is 11.4 Å². The van der Waals surface area contributed by atoms with Crippen molar-refractivity contribution in [2.75, 3.05) is 6.61 Å². The lowest BCUT2D eigenvalue weighted by Gasteiger charge is -2.07. The monoisotopic (exact) mass is 390 g/mol. The number of nitrogens with zero attached hydrogens (tertiary/aromatic N) is 2. The molecule has 0 aliphatic heterocycles. The third kappa shape index (κ3) is 5.87. The molecule has 0 unspecified atom stereocenters. The average Bonchev–Trinajstić information content (AvgIpc) is 2.76. The molecule has 0 atom stereocenters. The minimum Gasteiger partial charge on any atom is -0.490 e. The van der Waals surface area contributed by atoms with Crippen LogP contribution in [0.5, 0.6) is 5.75 Å². The third-order valence-corrected chi connectivity index (χ3v) is 4.16. The van der Waals surface area contributed by atoms with E-state index in [-0.39, 0.29) is 30.0 Å².